The Kier molecular flexibility index (Phi) is 32.0. The first kappa shape index (κ1) is 79.9. The van der Waals surface area contributed by atoms with Crippen LogP contribution in [0.1, 0.15) is 113 Å². The third kappa shape index (κ3) is 23.4. The van der Waals surface area contributed by atoms with E-state index in [1.54, 1.807) is 6.07 Å². The van der Waals surface area contributed by atoms with E-state index in [2.05, 4.69) is 92.1 Å². The molecule has 1 amide bonds. The van der Waals surface area contributed by atoms with E-state index in [9.17, 15) is 68.1 Å². The van der Waals surface area contributed by atoms with Crippen molar-refractivity contribution in [2.24, 2.45) is 0 Å². The van der Waals surface area contributed by atoms with Crippen molar-refractivity contribution in [2.75, 3.05) is 100 Å². The fourth-order valence-electron chi connectivity index (χ4n) is 8.22. The van der Waals surface area contributed by atoms with Crippen LogP contribution in [0.4, 0.5) is 5.88 Å². The van der Waals surface area contributed by atoms with Gasteiger partial charge in [0.25, 0.3) is 0 Å². The van der Waals surface area contributed by atoms with Gasteiger partial charge < -0.3 is 77.6 Å². The number of aromatic hydroxyl groups is 5. The highest BCUT2D eigenvalue weighted by Gasteiger charge is 2.25. The number of hydrogen-bond donors (Lipinski definition) is 5. The highest BCUT2D eigenvalue weighted by molar-refractivity contribution is 9.11. The number of amides is 1. The lowest BCUT2D eigenvalue weighted by Gasteiger charge is -2.27. The number of morpholine rings is 2. The quantitative estimate of drug-likeness (QED) is 0.0328. The summed E-state index contributed by atoms with van der Waals surface area (Å²) in [6, 6.07) is 24.1. The molecule has 516 valence electrons. The number of anilines is 1. The molecule has 97 heavy (non-hydrogen) atoms. The molecule has 27 nitrogen and oxygen atoms in total. The lowest BCUT2D eigenvalue weighted by molar-refractivity contribution is -0.134. The lowest BCUT2D eigenvalue weighted by atomic mass is 10.0. The second-order valence-corrected chi connectivity index (χ2v) is 23.1. The van der Waals surface area contributed by atoms with Gasteiger partial charge in [-0.2, -0.15) is 0 Å². The first-order valence-electron chi connectivity index (χ1n) is 28.1. The summed E-state index contributed by atoms with van der Waals surface area (Å²) < 4.78 is 45.0. The van der Waals surface area contributed by atoms with Crippen molar-refractivity contribution in [2.45, 2.75) is 20.3 Å². The predicted octanol–water partition coefficient (Wildman–Crippen LogP) is 10.2. The average molecular weight is 1600 g/mol. The number of Topliss-reactive ketones (excluding diaryl/α,β-unsaturated/α-hetero) is 3. The lowest BCUT2D eigenvalue weighted by Crippen LogP contribution is -2.41. The second-order valence-electron chi connectivity index (χ2n) is 19.7. The summed E-state index contributed by atoms with van der Waals surface area (Å²) in [7, 11) is 7.63. The van der Waals surface area contributed by atoms with Crippen LogP contribution in [0.2, 0.25) is 0 Å². The number of halogens is 4. The largest absolute Gasteiger partial charge is 0.508 e. The van der Waals surface area contributed by atoms with Gasteiger partial charge in [0.1, 0.15) is 28.7 Å². The Labute approximate surface area is 587 Å². The van der Waals surface area contributed by atoms with Crippen molar-refractivity contribution < 1.29 is 116 Å². The van der Waals surface area contributed by atoms with E-state index < -0.39 is 41.6 Å². The number of rotatable bonds is 12. The van der Waals surface area contributed by atoms with Crippen molar-refractivity contribution in [3.8, 4) is 28.7 Å². The first-order valence-corrected chi connectivity index (χ1v) is 31.3. The van der Waals surface area contributed by atoms with E-state index in [1.807, 2.05) is 4.90 Å². The number of ether oxygens (including phenoxy) is 8. The summed E-state index contributed by atoms with van der Waals surface area (Å²) in [6.07, 6.45) is -0.384. The van der Waals surface area contributed by atoms with Crippen LogP contribution in [0.5, 0.6) is 28.7 Å². The fourth-order valence-corrected chi connectivity index (χ4v) is 10.1. The maximum absolute atomic E-state index is 12.4. The van der Waals surface area contributed by atoms with Gasteiger partial charge in [-0.3, -0.25) is 24.0 Å². The van der Waals surface area contributed by atoms with Crippen LogP contribution in [0.15, 0.2) is 130 Å². The molecule has 0 atom stereocenters. The van der Waals surface area contributed by atoms with Crippen molar-refractivity contribution in [1.29, 1.82) is 0 Å². The zero-order chi connectivity index (χ0) is 72.4. The summed E-state index contributed by atoms with van der Waals surface area (Å²) in [5.74, 6) is -4.44. The Morgan fingerprint density at radius 1 is 0.433 bits per heavy atom. The standard InChI is InChI=1S/C15H16BrNO6.C15H14BrNO5.C10H9BrO4.C10H10O4.C8H7BrO3.C8H8O3/c1-22-15(21)9-6-10(14(20)11(16)7-9)12(18)8-13(19)17-2-4-23-5-3-17;1-20-15(19)9-6-10-12(18)8-13(17-2-4-21-5-3-17)22-14(10)11(16)7-9;1-5(12)7-3-6(10(14)15-2)4-8(11)9(7)13;1-6(11)8-5-7(10(13)14-2)3-4-9(8)12;1-12-8(11)5-2-3-7(10)6(9)4-5;1-11-8(10)6-2-4-7(9)5-3-6/h6-7,20H,2-5,8H2,1H3;6-8H,2-5H2,1H3;3-4,13H,1-2H3;3-5,12H,1-2H3;2-4,10H,1H3;2-5,9H,1H3. The molecule has 0 unspecified atom stereocenters. The van der Waals surface area contributed by atoms with Gasteiger partial charge in [0.15, 0.2) is 34.2 Å². The minimum absolute atomic E-state index is 0.0878. The predicted molar refractivity (Wildman–Crippen MR) is 361 cm³/mol. The van der Waals surface area contributed by atoms with Crippen LogP contribution >= 0.6 is 63.7 Å². The molecule has 0 bridgehead atoms. The zero-order valence-corrected chi connectivity index (χ0v) is 59.3. The zero-order valence-electron chi connectivity index (χ0n) is 53.0. The Morgan fingerprint density at radius 3 is 1.29 bits per heavy atom. The number of phenols is 5. The molecule has 3 heterocycles. The SMILES string of the molecule is COC(=O)c1cc(Br)c(O)c(C(=O)CC(=O)N2CCOCC2)c1.COC(=O)c1cc(Br)c(O)c(C(C)=O)c1.COC(=O)c1cc(Br)c2oc(N3CCOCC3)cc(=O)c2c1.COC(=O)c1ccc(O)c(Br)c1.COC(=O)c1ccc(O)c(C(C)=O)c1.COC(=O)c1ccc(O)cc1. The number of carbonyl (C=O) groups excluding carboxylic acids is 10. The molecular formula is C66H64Br4N2O25. The van der Waals surface area contributed by atoms with E-state index in [0.29, 0.717) is 95.1 Å². The average Bonchev–Trinajstić information content (AvgIpc) is 0.792. The molecular weight excluding hydrogens is 1540 g/mol. The number of benzene rings is 6. The molecule has 9 rings (SSSR count). The van der Waals surface area contributed by atoms with Crippen LogP contribution in [0, 0.1) is 0 Å². The third-order valence-electron chi connectivity index (χ3n) is 13.3. The molecule has 0 aliphatic carbocycles. The Morgan fingerprint density at radius 2 is 0.814 bits per heavy atom. The molecule has 0 saturated carbocycles. The van der Waals surface area contributed by atoms with Gasteiger partial charge in [0.2, 0.25) is 5.91 Å². The molecule has 1 aromatic heterocycles. The number of carbonyl (C=O) groups is 10. The molecule has 5 N–H and O–H groups in total. The van der Waals surface area contributed by atoms with Gasteiger partial charge in [0, 0.05) is 32.2 Å². The van der Waals surface area contributed by atoms with Crippen molar-refractivity contribution in [1.82, 2.24) is 4.90 Å². The van der Waals surface area contributed by atoms with Gasteiger partial charge >= 0.3 is 35.8 Å². The van der Waals surface area contributed by atoms with Crippen molar-refractivity contribution in [3.63, 3.8) is 0 Å². The highest BCUT2D eigenvalue weighted by Crippen LogP contribution is 2.33. The molecule has 0 spiro atoms. The maximum Gasteiger partial charge on any atom is 0.337 e. The second kappa shape index (κ2) is 38.9. The molecule has 2 saturated heterocycles. The maximum atomic E-state index is 12.4. The minimum Gasteiger partial charge on any atom is -0.508 e. The molecule has 7 aromatic rings. The van der Waals surface area contributed by atoms with Crippen molar-refractivity contribution >= 4 is 140 Å². The van der Waals surface area contributed by atoms with Gasteiger partial charge in [-0.25, -0.2) is 28.8 Å². The van der Waals surface area contributed by atoms with Gasteiger partial charge in [-0.15, -0.1) is 0 Å². The molecule has 2 aliphatic rings. The smallest absolute Gasteiger partial charge is 0.337 e. The summed E-state index contributed by atoms with van der Waals surface area (Å²) >= 11 is 12.6. The molecule has 2 aliphatic heterocycles. The highest BCUT2D eigenvalue weighted by atomic mass is 79.9. The number of fused-ring (bicyclic) bond motifs is 1. The first-order chi connectivity index (χ1) is 45.9. The Hall–Kier alpha value is -9.53. The van der Waals surface area contributed by atoms with Gasteiger partial charge in [-0.1, -0.05) is 0 Å². The van der Waals surface area contributed by atoms with Crippen LogP contribution < -0.4 is 10.3 Å². The van der Waals surface area contributed by atoms with E-state index in [4.69, 9.17) is 24.1 Å². The van der Waals surface area contributed by atoms with Crippen LogP contribution in [0.25, 0.3) is 11.0 Å². The Bertz CT molecular complexity index is 4110. The monoisotopic (exact) mass is 1600 g/mol. The van der Waals surface area contributed by atoms with Gasteiger partial charge in [0.05, 0.1) is 149 Å². The van der Waals surface area contributed by atoms with E-state index in [-0.39, 0.29) is 100 Å². The summed E-state index contributed by atoms with van der Waals surface area (Å²) in [4.78, 5) is 130. The van der Waals surface area contributed by atoms with Crippen LogP contribution in [0.3, 0.4) is 0 Å². The van der Waals surface area contributed by atoms with Crippen LogP contribution in [-0.2, 0) is 42.7 Å². The summed E-state index contributed by atoms with van der Waals surface area (Å²) in [5, 5.41) is 47.1. The number of hydrogen-bond acceptors (Lipinski definition) is 26. The number of nitrogens with zero attached hydrogens (tertiary/aromatic N) is 2. The molecule has 2 fully saturated rings. The number of phenolic OH excluding ortho intramolecular Hbond substituents is 5. The molecule has 31 heteroatoms. The van der Waals surface area contributed by atoms with Gasteiger partial charge in [-0.05, 0) is 175 Å². The van der Waals surface area contributed by atoms with Crippen molar-refractivity contribution in [3.05, 3.63) is 181 Å². The molecule has 0 radical (unpaired) electrons. The normalized spacial score (nSPS) is 12.0. The molecule has 6 aromatic carbocycles. The van der Waals surface area contributed by atoms with E-state index in [1.165, 1.54) is 158 Å². The summed E-state index contributed by atoms with van der Waals surface area (Å²) in [5.41, 5.74) is 2.04. The number of esters is 6. The minimum atomic E-state index is -0.640. The van der Waals surface area contributed by atoms with E-state index in [0.717, 1.165) is 0 Å². The Balaban J connectivity index is 0.000000253. The number of ketones is 3. The topological polar surface area (TPSA) is 382 Å². The third-order valence-corrected chi connectivity index (χ3v) is 15.7. The fraction of sp³-hybridized carbons (Fsp3) is 0.258. The van der Waals surface area contributed by atoms with Crippen LogP contribution in [-0.4, -0.2) is 185 Å². The summed E-state index contributed by atoms with van der Waals surface area (Å²) in [6.45, 7) is 6.92. The number of methoxy groups -OCH3 is 6. The van der Waals surface area contributed by atoms with E-state index >= 15 is 0 Å².